The second kappa shape index (κ2) is 8.35. The molecule has 29 heavy (non-hydrogen) atoms. The van der Waals surface area contributed by atoms with Crippen LogP contribution in [0.15, 0.2) is 54.6 Å². The highest BCUT2D eigenvalue weighted by Gasteiger charge is 2.26. The monoisotopic (exact) mass is 412 g/mol. The second-order valence-corrected chi connectivity index (χ2v) is 7.45. The van der Waals surface area contributed by atoms with Crippen LogP contribution in [0, 0.1) is 5.82 Å². The maximum Gasteiger partial charge on any atom is 0.272 e. The Morgan fingerprint density at radius 3 is 2.52 bits per heavy atom. The molecule has 3 aromatic rings. The largest absolute Gasteiger partial charge is 0.335 e. The fourth-order valence-electron chi connectivity index (χ4n) is 3.57. The minimum atomic E-state index is -0.376. The zero-order chi connectivity index (χ0) is 20.4. The summed E-state index contributed by atoms with van der Waals surface area (Å²) in [6, 6.07) is 15.2. The van der Waals surface area contributed by atoms with Crippen LogP contribution in [0.1, 0.15) is 17.4 Å². The third-order valence-corrected chi connectivity index (χ3v) is 5.47. The van der Waals surface area contributed by atoms with Crippen LogP contribution >= 0.6 is 11.6 Å². The Labute approximate surface area is 174 Å². The maximum absolute atomic E-state index is 14.3. The summed E-state index contributed by atoms with van der Waals surface area (Å²) in [6.07, 6.45) is 0. The Bertz CT molecular complexity index is 1030. The first kappa shape index (κ1) is 19.6. The van der Waals surface area contributed by atoms with Crippen molar-refractivity contribution in [1.29, 1.82) is 0 Å². The van der Waals surface area contributed by atoms with Gasteiger partial charge in [-0.25, -0.2) is 9.07 Å². The lowest BCUT2D eigenvalue weighted by Gasteiger charge is -2.34. The fourth-order valence-corrected chi connectivity index (χ4v) is 3.75. The van der Waals surface area contributed by atoms with Gasteiger partial charge in [-0.3, -0.25) is 4.79 Å². The van der Waals surface area contributed by atoms with E-state index >= 15 is 0 Å². The number of nitrogens with zero attached hydrogens (tertiary/aromatic N) is 4. The fraction of sp³-hybridized carbons (Fsp3) is 0.273. The molecule has 0 N–H and O–H groups in total. The van der Waals surface area contributed by atoms with Crippen molar-refractivity contribution in [1.82, 2.24) is 19.6 Å². The zero-order valence-corrected chi connectivity index (χ0v) is 16.9. The van der Waals surface area contributed by atoms with E-state index < -0.39 is 0 Å². The van der Waals surface area contributed by atoms with Crippen LogP contribution in [-0.2, 0) is 0 Å². The van der Waals surface area contributed by atoms with Gasteiger partial charge in [-0.15, -0.1) is 0 Å². The maximum atomic E-state index is 14.3. The van der Waals surface area contributed by atoms with E-state index in [9.17, 15) is 9.18 Å². The molecule has 2 heterocycles. The highest BCUT2D eigenvalue weighted by Crippen LogP contribution is 2.26. The number of carbonyl (C=O) groups is 1. The number of hydrogen-bond donors (Lipinski definition) is 0. The van der Waals surface area contributed by atoms with Crippen LogP contribution in [0.5, 0.6) is 0 Å². The van der Waals surface area contributed by atoms with Gasteiger partial charge in [-0.2, -0.15) is 5.10 Å². The molecule has 1 aromatic heterocycles. The Morgan fingerprint density at radius 2 is 1.83 bits per heavy atom. The average Bonchev–Trinajstić information content (AvgIpc) is 3.19. The number of aromatic nitrogens is 2. The van der Waals surface area contributed by atoms with Crippen LogP contribution < -0.4 is 0 Å². The molecule has 0 radical (unpaired) electrons. The first-order valence-electron chi connectivity index (χ1n) is 9.69. The number of halogens is 2. The molecule has 0 aliphatic carbocycles. The van der Waals surface area contributed by atoms with Crippen LogP contribution in [-0.4, -0.2) is 58.2 Å². The SMILES string of the molecule is CCN1CCN(C(=O)c2cc(-c3ccccc3F)nn2-c2cccc(Cl)c2)CC1. The molecular weight excluding hydrogens is 391 g/mol. The van der Waals surface area contributed by atoms with Crippen LogP contribution in [0.3, 0.4) is 0 Å². The molecule has 4 rings (SSSR count). The summed E-state index contributed by atoms with van der Waals surface area (Å²) in [6.45, 7) is 6.08. The van der Waals surface area contributed by atoms with Gasteiger partial charge in [0.1, 0.15) is 11.5 Å². The Morgan fingerprint density at radius 1 is 1.07 bits per heavy atom. The number of carbonyl (C=O) groups excluding carboxylic acids is 1. The van der Waals surface area contributed by atoms with Gasteiger partial charge in [0, 0.05) is 36.8 Å². The number of hydrogen-bond acceptors (Lipinski definition) is 3. The van der Waals surface area contributed by atoms with Crippen LogP contribution in [0.2, 0.25) is 5.02 Å². The van der Waals surface area contributed by atoms with Gasteiger partial charge < -0.3 is 9.80 Å². The van der Waals surface area contributed by atoms with Crippen molar-refractivity contribution in [2.24, 2.45) is 0 Å². The highest BCUT2D eigenvalue weighted by atomic mass is 35.5. The molecule has 0 unspecified atom stereocenters. The van der Waals surface area contributed by atoms with Gasteiger partial charge in [-0.1, -0.05) is 36.7 Å². The summed E-state index contributed by atoms with van der Waals surface area (Å²) < 4.78 is 15.9. The highest BCUT2D eigenvalue weighted by molar-refractivity contribution is 6.30. The summed E-state index contributed by atoms with van der Waals surface area (Å²) in [5.74, 6) is -0.491. The van der Waals surface area contributed by atoms with E-state index in [0.29, 0.717) is 40.8 Å². The second-order valence-electron chi connectivity index (χ2n) is 7.01. The van der Waals surface area contributed by atoms with E-state index in [4.69, 9.17) is 11.6 Å². The van der Waals surface area contributed by atoms with Crippen molar-refractivity contribution in [3.8, 4) is 16.9 Å². The minimum Gasteiger partial charge on any atom is -0.335 e. The third kappa shape index (κ3) is 4.04. The van der Waals surface area contributed by atoms with Crippen LogP contribution in [0.25, 0.3) is 16.9 Å². The van der Waals surface area contributed by atoms with Gasteiger partial charge in [-0.05, 0) is 42.9 Å². The first-order chi connectivity index (χ1) is 14.1. The molecule has 1 saturated heterocycles. The number of benzene rings is 2. The minimum absolute atomic E-state index is 0.115. The smallest absolute Gasteiger partial charge is 0.272 e. The molecule has 1 amide bonds. The van der Waals surface area contributed by atoms with Crippen molar-refractivity contribution < 1.29 is 9.18 Å². The lowest BCUT2D eigenvalue weighted by atomic mass is 10.1. The first-order valence-corrected chi connectivity index (χ1v) is 10.1. The predicted octanol–water partition coefficient (Wildman–Crippen LogP) is 4.11. The molecule has 1 fully saturated rings. The van der Waals surface area contributed by atoms with E-state index in [-0.39, 0.29) is 11.7 Å². The molecule has 0 spiro atoms. The average molecular weight is 413 g/mol. The predicted molar refractivity (Wildman–Crippen MR) is 112 cm³/mol. The molecule has 2 aromatic carbocycles. The molecule has 5 nitrogen and oxygen atoms in total. The van der Waals surface area contributed by atoms with Gasteiger partial charge in [0.05, 0.1) is 11.4 Å². The van der Waals surface area contributed by atoms with E-state index in [0.717, 1.165) is 19.6 Å². The van der Waals surface area contributed by atoms with E-state index in [2.05, 4.69) is 16.9 Å². The summed E-state index contributed by atoms with van der Waals surface area (Å²) in [4.78, 5) is 17.5. The normalized spacial score (nSPS) is 14.9. The Balaban J connectivity index is 1.75. The van der Waals surface area contributed by atoms with E-state index in [1.54, 1.807) is 47.1 Å². The molecular formula is C22H22ClFN4O. The summed E-state index contributed by atoms with van der Waals surface area (Å²) in [7, 11) is 0. The molecule has 150 valence electrons. The van der Waals surface area contributed by atoms with Crippen LogP contribution in [0.4, 0.5) is 4.39 Å². The Kier molecular flexibility index (Phi) is 5.65. The molecule has 0 saturated carbocycles. The Hall–Kier alpha value is -2.70. The zero-order valence-electron chi connectivity index (χ0n) is 16.2. The van der Waals surface area contributed by atoms with Crippen molar-refractivity contribution in [3.63, 3.8) is 0 Å². The molecule has 0 atom stereocenters. The summed E-state index contributed by atoms with van der Waals surface area (Å²) >= 11 is 6.15. The number of amides is 1. The number of likely N-dealkylation sites (N-methyl/N-ethyl adjacent to an activating group) is 1. The molecule has 1 aliphatic rings. The van der Waals surface area contributed by atoms with Gasteiger partial charge in [0.15, 0.2) is 0 Å². The standard InChI is InChI=1S/C22H22ClFN4O/c1-2-26-10-12-27(13-11-26)22(29)21-15-20(18-8-3-4-9-19(18)24)25-28(21)17-7-5-6-16(23)14-17/h3-9,14-15H,2,10-13H2,1H3. The van der Waals surface area contributed by atoms with Gasteiger partial charge >= 0.3 is 0 Å². The van der Waals surface area contributed by atoms with Gasteiger partial charge in [0.25, 0.3) is 5.91 Å². The number of piperazine rings is 1. The molecule has 0 bridgehead atoms. The van der Waals surface area contributed by atoms with Crippen molar-refractivity contribution in [2.75, 3.05) is 32.7 Å². The summed E-state index contributed by atoms with van der Waals surface area (Å²) in [5.41, 5.74) is 1.84. The lowest BCUT2D eigenvalue weighted by Crippen LogP contribution is -2.48. The number of rotatable bonds is 4. The van der Waals surface area contributed by atoms with E-state index in [1.165, 1.54) is 6.07 Å². The quantitative estimate of drug-likeness (QED) is 0.647. The van der Waals surface area contributed by atoms with E-state index in [1.807, 2.05) is 11.0 Å². The summed E-state index contributed by atoms with van der Waals surface area (Å²) in [5, 5.41) is 5.10. The van der Waals surface area contributed by atoms with Crippen molar-refractivity contribution >= 4 is 17.5 Å². The van der Waals surface area contributed by atoms with Crippen molar-refractivity contribution in [2.45, 2.75) is 6.92 Å². The lowest BCUT2D eigenvalue weighted by molar-refractivity contribution is 0.0634. The molecule has 1 aliphatic heterocycles. The third-order valence-electron chi connectivity index (χ3n) is 5.24. The van der Waals surface area contributed by atoms with Gasteiger partial charge in [0.2, 0.25) is 0 Å². The van der Waals surface area contributed by atoms with Crippen molar-refractivity contribution in [3.05, 3.63) is 71.1 Å². The molecule has 7 heteroatoms. The topological polar surface area (TPSA) is 41.4 Å².